The predicted octanol–water partition coefficient (Wildman–Crippen LogP) is 4.36. The molecule has 14 heteroatoms. The molecule has 0 fully saturated rings. The molecule has 200 valence electrons. The highest BCUT2D eigenvalue weighted by Crippen LogP contribution is 2.16. The van der Waals surface area contributed by atoms with Crippen molar-refractivity contribution in [2.24, 2.45) is 0 Å². The van der Waals surface area contributed by atoms with Gasteiger partial charge in [-0.3, -0.25) is 9.97 Å². The molecule has 0 saturated carbocycles. The summed E-state index contributed by atoms with van der Waals surface area (Å²) in [7, 11) is 0. The van der Waals surface area contributed by atoms with Crippen LogP contribution in [-0.4, -0.2) is 33.0 Å². The lowest BCUT2D eigenvalue weighted by Crippen LogP contribution is -2.20. The van der Waals surface area contributed by atoms with Crippen LogP contribution in [-0.2, 0) is 0 Å². The number of hydrogen-bond donors (Lipinski definition) is 4. The lowest BCUT2D eigenvalue weighted by atomic mass is 10.3. The quantitative estimate of drug-likeness (QED) is 0.285. The van der Waals surface area contributed by atoms with Crippen LogP contribution in [0.5, 0.6) is 0 Å². The number of pyridine rings is 2. The normalized spacial score (nSPS) is 9.37. The number of halogens is 4. The van der Waals surface area contributed by atoms with E-state index in [9.17, 15) is 27.2 Å². The maximum Gasteiger partial charge on any atom is 0.323 e. The minimum absolute atomic E-state index is 0. The number of carbonyl (C=O) groups is 2. The SMILES string of the molecule is O.O.O=C(Nc1ccncc1)Nc1ccc(F)cc1F.O=C(Nc1ccncc1)Nc1ccc(F)cc1F. The van der Waals surface area contributed by atoms with Crippen LogP contribution in [0.25, 0.3) is 0 Å². The number of urea groups is 2. The van der Waals surface area contributed by atoms with E-state index in [2.05, 4.69) is 31.2 Å². The fourth-order valence-electron chi connectivity index (χ4n) is 2.62. The first kappa shape index (κ1) is 31.0. The summed E-state index contributed by atoms with van der Waals surface area (Å²) >= 11 is 0. The first-order valence-corrected chi connectivity index (χ1v) is 10.2. The molecular formula is C24H22F4N6O4. The minimum atomic E-state index is -0.833. The molecule has 0 bridgehead atoms. The van der Waals surface area contributed by atoms with Crippen LogP contribution in [0.15, 0.2) is 85.5 Å². The molecule has 0 spiro atoms. The Morgan fingerprint density at radius 3 is 1.18 bits per heavy atom. The van der Waals surface area contributed by atoms with Gasteiger partial charge in [-0.2, -0.15) is 0 Å². The van der Waals surface area contributed by atoms with Gasteiger partial charge in [0.2, 0.25) is 0 Å². The van der Waals surface area contributed by atoms with Crippen LogP contribution in [0.2, 0.25) is 0 Å². The number of carbonyl (C=O) groups excluding carboxylic acids is 2. The Hall–Kier alpha value is -5.08. The highest BCUT2D eigenvalue weighted by molar-refractivity contribution is 6.00. The van der Waals surface area contributed by atoms with E-state index in [1.54, 1.807) is 24.3 Å². The largest absolute Gasteiger partial charge is 0.412 e. The summed E-state index contributed by atoms with van der Waals surface area (Å²) in [5.41, 5.74) is 0.848. The van der Waals surface area contributed by atoms with Gasteiger partial charge in [0.15, 0.2) is 0 Å². The van der Waals surface area contributed by atoms with E-state index in [1.807, 2.05) is 0 Å². The summed E-state index contributed by atoms with van der Waals surface area (Å²) in [6, 6.07) is 10.9. The monoisotopic (exact) mass is 534 g/mol. The van der Waals surface area contributed by atoms with E-state index in [0.29, 0.717) is 23.5 Å². The van der Waals surface area contributed by atoms with Crippen molar-refractivity contribution in [2.75, 3.05) is 21.3 Å². The van der Waals surface area contributed by atoms with Gasteiger partial charge >= 0.3 is 12.1 Å². The van der Waals surface area contributed by atoms with Crippen LogP contribution in [0.3, 0.4) is 0 Å². The molecule has 0 atom stereocenters. The summed E-state index contributed by atoms with van der Waals surface area (Å²) in [5.74, 6) is -3.07. The number of nitrogens with zero attached hydrogens (tertiary/aromatic N) is 2. The Bertz CT molecular complexity index is 1230. The van der Waals surface area contributed by atoms with Crippen molar-refractivity contribution in [3.05, 3.63) is 109 Å². The van der Waals surface area contributed by atoms with Crippen molar-refractivity contribution >= 4 is 34.8 Å². The molecule has 8 N–H and O–H groups in total. The topological polar surface area (TPSA) is 171 Å². The van der Waals surface area contributed by atoms with Gasteiger partial charge in [-0.15, -0.1) is 0 Å². The Morgan fingerprint density at radius 2 is 0.868 bits per heavy atom. The number of nitrogens with one attached hydrogen (secondary N) is 4. The van der Waals surface area contributed by atoms with Gasteiger partial charge in [-0.25, -0.2) is 27.2 Å². The smallest absolute Gasteiger partial charge is 0.323 e. The summed E-state index contributed by atoms with van der Waals surface area (Å²) < 4.78 is 51.8. The molecule has 2 heterocycles. The molecular weight excluding hydrogens is 512 g/mol. The molecule has 4 aromatic rings. The third-order valence-corrected chi connectivity index (χ3v) is 4.24. The van der Waals surface area contributed by atoms with Gasteiger partial charge in [0.25, 0.3) is 0 Å². The molecule has 2 aromatic carbocycles. The van der Waals surface area contributed by atoms with Gasteiger partial charge < -0.3 is 32.2 Å². The van der Waals surface area contributed by atoms with E-state index in [-0.39, 0.29) is 22.3 Å². The number of rotatable bonds is 4. The van der Waals surface area contributed by atoms with Crippen molar-refractivity contribution in [1.82, 2.24) is 9.97 Å². The molecule has 0 aliphatic carbocycles. The summed E-state index contributed by atoms with van der Waals surface area (Å²) in [5, 5.41) is 9.51. The standard InChI is InChI=1S/2C12H9F2N3O.2H2O/c2*13-8-1-2-11(10(14)7-8)17-12(18)16-9-3-5-15-6-4-9;;/h2*1-7H,(H2,15,16,17,18);2*1H2. The Labute approximate surface area is 213 Å². The molecule has 0 unspecified atom stereocenters. The van der Waals surface area contributed by atoms with Crippen LogP contribution >= 0.6 is 0 Å². The highest BCUT2D eigenvalue weighted by Gasteiger charge is 2.09. The third-order valence-electron chi connectivity index (χ3n) is 4.24. The zero-order chi connectivity index (χ0) is 25.9. The van der Waals surface area contributed by atoms with E-state index in [1.165, 1.54) is 24.8 Å². The Kier molecular flexibility index (Phi) is 12.3. The molecule has 4 amide bonds. The third kappa shape index (κ3) is 9.88. The first-order valence-electron chi connectivity index (χ1n) is 10.2. The van der Waals surface area contributed by atoms with Crippen LogP contribution < -0.4 is 21.3 Å². The fourth-order valence-corrected chi connectivity index (χ4v) is 2.62. The molecule has 10 nitrogen and oxygen atoms in total. The number of aromatic nitrogens is 2. The maximum absolute atomic E-state index is 13.3. The summed E-state index contributed by atoms with van der Waals surface area (Å²) in [6.45, 7) is 0. The predicted molar refractivity (Wildman–Crippen MR) is 134 cm³/mol. The summed E-state index contributed by atoms with van der Waals surface area (Å²) in [4.78, 5) is 30.6. The van der Waals surface area contributed by atoms with E-state index in [4.69, 9.17) is 0 Å². The van der Waals surface area contributed by atoms with Gasteiger partial charge in [-0.1, -0.05) is 0 Å². The second-order valence-electron chi connectivity index (χ2n) is 6.88. The Morgan fingerprint density at radius 1 is 0.526 bits per heavy atom. The average Bonchev–Trinajstić information content (AvgIpc) is 2.84. The second kappa shape index (κ2) is 15.1. The lowest BCUT2D eigenvalue weighted by molar-refractivity contribution is 0.261. The van der Waals surface area contributed by atoms with Crippen molar-refractivity contribution < 1.29 is 38.1 Å². The molecule has 0 aliphatic rings. The van der Waals surface area contributed by atoms with Gasteiger partial charge in [0, 0.05) is 48.3 Å². The molecule has 0 aliphatic heterocycles. The molecule has 0 radical (unpaired) electrons. The summed E-state index contributed by atoms with van der Waals surface area (Å²) in [6.07, 6.45) is 6.03. The fraction of sp³-hybridized carbons (Fsp3) is 0. The van der Waals surface area contributed by atoms with E-state index < -0.39 is 35.3 Å². The molecule has 0 saturated heterocycles. The number of amides is 4. The molecule has 38 heavy (non-hydrogen) atoms. The molecule has 2 aromatic heterocycles. The lowest BCUT2D eigenvalue weighted by Gasteiger charge is -2.08. The van der Waals surface area contributed by atoms with Crippen molar-refractivity contribution in [2.45, 2.75) is 0 Å². The van der Waals surface area contributed by atoms with Gasteiger partial charge in [0.05, 0.1) is 11.4 Å². The second-order valence-corrected chi connectivity index (χ2v) is 6.88. The maximum atomic E-state index is 13.3. The van der Waals surface area contributed by atoms with Crippen LogP contribution in [0.1, 0.15) is 0 Å². The van der Waals surface area contributed by atoms with Crippen LogP contribution in [0.4, 0.5) is 49.9 Å². The zero-order valence-electron chi connectivity index (χ0n) is 19.3. The molecule has 4 rings (SSSR count). The minimum Gasteiger partial charge on any atom is -0.412 e. The number of anilines is 4. The van der Waals surface area contributed by atoms with E-state index in [0.717, 1.165) is 24.3 Å². The van der Waals surface area contributed by atoms with Crippen LogP contribution in [0, 0.1) is 23.3 Å². The number of benzene rings is 2. The van der Waals surface area contributed by atoms with E-state index >= 15 is 0 Å². The van der Waals surface area contributed by atoms with Crippen molar-refractivity contribution in [1.29, 1.82) is 0 Å². The van der Waals surface area contributed by atoms with Gasteiger partial charge in [-0.05, 0) is 48.5 Å². The Balaban J connectivity index is 0.000000361. The van der Waals surface area contributed by atoms with Crippen molar-refractivity contribution in [3.63, 3.8) is 0 Å². The zero-order valence-corrected chi connectivity index (χ0v) is 19.3. The first-order chi connectivity index (χ1) is 17.3. The van der Waals surface area contributed by atoms with Crippen molar-refractivity contribution in [3.8, 4) is 0 Å². The number of hydrogen-bond acceptors (Lipinski definition) is 4. The van der Waals surface area contributed by atoms with Gasteiger partial charge in [0.1, 0.15) is 23.3 Å². The highest BCUT2D eigenvalue weighted by atomic mass is 19.1. The average molecular weight is 534 g/mol.